The molecule has 2 rings (SSSR count). The summed E-state index contributed by atoms with van der Waals surface area (Å²) >= 11 is 2.18. The van der Waals surface area contributed by atoms with E-state index in [1.165, 1.54) is 0 Å². The molecule has 0 spiro atoms. The summed E-state index contributed by atoms with van der Waals surface area (Å²) in [4.78, 5) is 12.0. The second-order valence-electron chi connectivity index (χ2n) is 4.26. The summed E-state index contributed by atoms with van der Waals surface area (Å²) in [7, 11) is 0. The van der Waals surface area contributed by atoms with E-state index in [0.717, 1.165) is 22.8 Å². The molecule has 0 heterocycles. The van der Waals surface area contributed by atoms with Gasteiger partial charge in [0.1, 0.15) is 0 Å². The predicted octanol–water partition coefficient (Wildman–Crippen LogP) is 2.71. The molecule has 4 heteroatoms. The molecule has 0 aliphatic heterocycles. The molecular formula is C13H13IN2O. The van der Waals surface area contributed by atoms with Gasteiger partial charge < -0.3 is 5.32 Å². The quantitative estimate of drug-likeness (QED) is 0.842. The van der Waals surface area contributed by atoms with E-state index in [1.54, 1.807) is 6.07 Å². The topological polar surface area (TPSA) is 52.9 Å². The fourth-order valence-corrected chi connectivity index (χ4v) is 2.71. The third-order valence-electron chi connectivity index (χ3n) is 3.09. The average molecular weight is 340 g/mol. The molecule has 2 atom stereocenters. The van der Waals surface area contributed by atoms with Gasteiger partial charge in [0.2, 0.25) is 0 Å². The van der Waals surface area contributed by atoms with Crippen molar-refractivity contribution in [2.24, 2.45) is 5.92 Å². The Balaban J connectivity index is 2.05. The van der Waals surface area contributed by atoms with Crippen molar-refractivity contribution in [2.45, 2.75) is 25.3 Å². The van der Waals surface area contributed by atoms with Crippen LogP contribution in [0.4, 0.5) is 0 Å². The van der Waals surface area contributed by atoms with E-state index in [0.29, 0.717) is 5.56 Å². The van der Waals surface area contributed by atoms with Crippen molar-refractivity contribution in [2.75, 3.05) is 0 Å². The van der Waals surface area contributed by atoms with Crippen LogP contribution >= 0.6 is 22.6 Å². The lowest BCUT2D eigenvalue weighted by Crippen LogP contribution is -2.36. The Hall–Kier alpha value is -1.09. The fraction of sp³-hybridized carbons (Fsp3) is 0.385. The highest BCUT2D eigenvalue weighted by atomic mass is 127. The van der Waals surface area contributed by atoms with Gasteiger partial charge in [0.25, 0.3) is 5.91 Å². The van der Waals surface area contributed by atoms with E-state index in [1.807, 2.05) is 18.2 Å². The lowest BCUT2D eigenvalue weighted by atomic mass is 10.1. The molecule has 1 aromatic rings. The molecule has 0 bridgehead atoms. The first kappa shape index (κ1) is 12.4. The Kier molecular flexibility index (Phi) is 4.00. The summed E-state index contributed by atoms with van der Waals surface area (Å²) in [6.07, 6.45) is 2.83. The van der Waals surface area contributed by atoms with Crippen molar-refractivity contribution in [1.82, 2.24) is 5.32 Å². The maximum absolute atomic E-state index is 12.0. The van der Waals surface area contributed by atoms with Gasteiger partial charge in [-0.1, -0.05) is 6.07 Å². The third kappa shape index (κ3) is 2.97. The van der Waals surface area contributed by atoms with Crippen LogP contribution in [0.1, 0.15) is 29.6 Å². The minimum Gasteiger partial charge on any atom is -0.348 e. The zero-order chi connectivity index (χ0) is 12.3. The summed E-state index contributed by atoms with van der Waals surface area (Å²) in [6, 6.07) is 9.76. The Morgan fingerprint density at radius 1 is 1.47 bits per heavy atom. The van der Waals surface area contributed by atoms with Gasteiger partial charge in [-0.05, 0) is 60.1 Å². The lowest BCUT2D eigenvalue weighted by molar-refractivity contribution is 0.0933. The number of benzene rings is 1. The first-order valence-electron chi connectivity index (χ1n) is 5.67. The van der Waals surface area contributed by atoms with Gasteiger partial charge >= 0.3 is 0 Å². The summed E-state index contributed by atoms with van der Waals surface area (Å²) in [5, 5.41) is 11.9. The first-order valence-corrected chi connectivity index (χ1v) is 6.74. The molecule has 1 fully saturated rings. The highest BCUT2D eigenvalue weighted by molar-refractivity contribution is 14.1. The third-order valence-corrected chi connectivity index (χ3v) is 3.76. The molecule has 17 heavy (non-hydrogen) atoms. The molecule has 1 aliphatic rings. The van der Waals surface area contributed by atoms with Crippen molar-refractivity contribution in [3.05, 3.63) is 33.4 Å². The van der Waals surface area contributed by atoms with Crippen molar-refractivity contribution < 1.29 is 4.79 Å². The number of nitrogens with one attached hydrogen (secondary N) is 1. The molecule has 1 N–H and O–H groups in total. The largest absolute Gasteiger partial charge is 0.348 e. The van der Waals surface area contributed by atoms with Crippen molar-refractivity contribution in [1.29, 1.82) is 5.26 Å². The van der Waals surface area contributed by atoms with Crippen LogP contribution in [0.5, 0.6) is 0 Å². The minimum atomic E-state index is -0.0735. The molecule has 88 valence electrons. The van der Waals surface area contributed by atoms with Crippen LogP contribution in [0.15, 0.2) is 24.3 Å². The van der Waals surface area contributed by atoms with Gasteiger partial charge in [-0.25, -0.2) is 0 Å². The number of nitriles is 1. The van der Waals surface area contributed by atoms with E-state index in [2.05, 4.69) is 34.0 Å². The number of rotatable bonds is 2. The van der Waals surface area contributed by atoms with Crippen molar-refractivity contribution >= 4 is 28.5 Å². The Bertz CT molecular complexity index is 467. The lowest BCUT2D eigenvalue weighted by Gasteiger charge is -2.15. The van der Waals surface area contributed by atoms with Gasteiger partial charge in [-0.3, -0.25) is 4.79 Å². The normalized spacial score (nSPS) is 23.1. The molecule has 2 unspecified atom stereocenters. The zero-order valence-electron chi connectivity index (χ0n) is 9.32. The fourth-order valence-electron chi connectivity index (χ4n) is 2.17. The van der Waals surface area contributed by atoms with E-state index in [4.69, 9.17) is 5.26 Å². The Labute approximate surface area is 114 Å². The van der Waals surface area contributed by atoms with Gasteiger partial charge in [0.05, 0.1) is 12.0 Å². The molecule has 3 nitrogen and oxygen atoms in total. The molecule has 1 aliphatic carbocycles. The maximum Gasteiger partial charge on any atom is 0.251 e. The van der Waals surface area contributed by atoms with Crippen LogP contribution < -0.4 is 5.32 Å². The van der Waals surface area contributed by atoms with Gasteiger partial charge in [0, 0.05) is 15.2 Å². The number of hydrogen-bond donors (Lipinski definition) is 1. The highest BCUT2D eigenvalue weighted by Gasteiger charge is 2.28. The van der Waals surface area contributed by atoms with Crippen LogP contribution in [-0.2, 0) is 0 Å². The maximum atomic E-state index is 12.0. The second kappa shape index (κ2) is 5.50. The van der Waals surface area contributed by atoms with E-state index < -0.39 is 0 Å². The highest BCUT2D eigenvalue weighted by Crippen LogP contribution is 2.25. The number of amides is 1. The molecule has 1 saturated carbocycles. The number of carbonyl (C=O) groups is 1. The monoisotopic (exact) mass is 340 g/mol. The number of hydrogen-bond acceptors (Lipinski definition) is 2. The minimum absolute atomic E-state index is 0.0189. The van der Waals surface area contributed by atoms with Crippen LogP contribution in [0.3, 0.4) is 0 Å². The molecular weight excluding hydrogens is 327 g/mol. The number of carbonyl (C=O) groups excluding carboxylic acids is 1. The van der Waals surface area contributed by atoms with E-state index in [9.17, 15) is 4.79 Å². The smallest absolute Gasteiger partial charge is 0.251 e. The number of nitrogens with zero attached hydrogens (tertiary/aromatic N) is 1. The summed E-state index contributed by atoms with van der Waals surface area (Å²) in [5.74, 6) is -0.0996. The predicted molar refractivity (Wildman–Crippen MR) is 73.4 cm³/mol. The van der Waals surface area contributed by atoms with E-state index >= 15 is 0 Å². The molecule has 1 amide bonds. The van der Waals surface area contributed by atoms with Gasteiger partial charge in [0.15, 0.2) is 0 Å². The van der Waals surface area contributed by atoms with Crippen LogP contribution in [0.2, 0.25) is 0 Å². The SMILES string of the molecule is N#CC1CCCC1NC(=O)c1cccc(I)c1. The van der Waals surface area contributed by atoms with Gasteiger partial charge in [-0.2, -0.15) is 5.26 Å². The molecule has 0 radical (unpaired) electrons. The standard InChI is InChI=1S/C13H13IN2O/c14-11-5-1-3-9(7-11)13(17)16-12-6-2-4-10(12)8-15/h1,3,5,7,10,12H,2,4,6H2,(H,16,17). The second-order valence-corrected chi connectivity index (χ2v) is 5.50. The molecule has 0 saturated heterocycles. The Morgan fingerprint density at radius 2 is 2.29 bits per heavy atom. The van der Waals surface area contributed by atoms with Crippen LogP contribution in [0.25, 0.3) is 0 Å². The van der Waals surface area contributed by atoms with Crippen LogP contribution in [-0.4, -0.2) is 11.9 Å². The summed E-state index contributed by atoms with van der Waals surface area (Å²) < 4.78 is 1.04. The van der Waals surface area contributed by atoms with Gasteiger partial charge in [-0.15, -0.1) is 0 Å². The van der Waals surface area contributed by atoms with Crippen LogP contribution in [0, 0.1) is 20.8 Å². The summed E-state index contributed by atoms with van der Waals surface area (Å²) in [5.41, 5.74) is 0.667. The average Bonchev–Trinajstić information content (AvgIpc) is 2.76. The molecule has 1 aromatic carbocycles. The number of halogens is 1. The molecule has 0 aromatic heterocycles. The Morgan fingerprint density at radius 3 is 3.00 bits per heavy atom. The van der Waals surface area contributed by atoms with Crippen molar-refractivity contribution in [3.8, 4) is 6.07 Å². The van der Waals surface area contributed by atoms with Crippen molar-refractivity contribution in [3.63, 3.8) is 0 Å². The summed E-state index contributed by atoms with van der Waals surface area (Å²) in [6.45, 7) is 0. The zero-order valence-corrected chi connectivity index (χ0v) is 11.5. The first-order chi connectivity index (χ1) is 8.20. The van der Waals surface area contributed by atoms with E-state index in [-0.39, 0.29) is 17.9 Å².